The van der Waals surface area contributed by atoms with Crippen molar-refractivity contribution in [2.75, 3.05) is 19.8 Å². The highest BCUT2D eigenvalue weighted by atomic mass is 16.5. The summed E-state index contributed by atoms with van der Waals surface area (Å²) in [6, 6.07) is 0.455. The molecule has 5 heteroatoms. The third-order valence-corrected chi connectivity index (χ3v) is 4.08. The summed E-state index contributed by atoms with van der Waals surface area (Å²) in [4.78, 5) is 0. The molecular formula is C14H26N4O. The van der Waals surface area contributed by atoms with Gasteiger partial charge in [0.05, 0.1) is 17.4 Å². The molecule has 2 N–H and O–H groups in total. The minimum atomic E-state index is 0.455. The van der Waals surface area contributed by atoms with Gasteiger partial charge in [-0.3, -0.25) is 0 Å². The largest absolute Gasteiger partial charge is 0.381 e. The first-order valence-electron chi connectivity index (χ1n) is 7.53. The van der Waals surface area contributed by atoms with Crippen molar-refractivity contribution in [3.63, 3.8) is 0 Å². The van der Waals surface area contributed by atoms with Crippen LogP contribution < -0.4 is 5.73 Å². The van der Waals surface area contributed by atoms with Gasteiger partial charge in [-0.05, 0) is 32.2 Å². The molecule has 1 aliphatic rings. The molecule has 19 heavy (non-hydrogen) atoms. The van der Waals surface area contributed by atoms with Crippen LogP contribution in [0.15, 0.2) is 0 Å². The summed E-state index contributed by atoms with van der Waals surface area (Å²) in [6.45, 7) is 6.76. The zero-order valence-electron chi connectivity index (χ0n) is 12.1. The Kier molecular flexibility index (Phi) is 5.34. The van der Waals surface area contributed by atoms with Crippen LogP contribution in [-0.2, 0) is 11.2 Å². The van der Waals surface area contributed by atoms with E-state index < -0.39 is 0 Å². The molecule has 1 aromatic rings. The van der Waals surface area contributed by atoms with Gasteiger partial charge < -0.3 is 10.5 Å². The highest BCUT2D eigenvalue weighted by molar-refractivity contribution is 5.17. The molecule has 1 saturated heterocycles. The molecule has 1 fully saturated rings. The molecule has 108 valence electrons. The normalized spacial score (nSPS) is 17.3. The number of hydrogen-bond acceptors (Lipinski definition) is 4. The number of rotatable bonds is 6. The summed E-state index contributed by atoms with van der Waals surface area (Å²) in [5.74, 6) is 0.533. The highest BCUT2D eigenvalue weighted by Gasteiger charge is 2.26. The minimum absolute atomic E-state index is 0.455. The highest BCUT2D eigenvalue weighted by Crippen LogP contribution is 2.31. The smallest absolute Gasteiger partial charge is 0.0874 e. The van der Waals surface area contributed by atoms with E-state index >= 15 is 0 Å². The Hall–Kier alpha value is -0.940. The van der Waals surface area contributed by atoms with Crippen LogP contribution in [0.5, 0.6) is 0 Å². The van der Waals surface area contributed by atoms with E-state index in [1.54, 1.807) is 0 Å². The van der Waals surface area contributed by atoms with Gasteiger partial charge in [-0.2, -0.15) is 0 Å². The maximum atomic E-state index is 5.71. The average molecular weight is 266 g/mol. The third kappa shape index (κ3) is 3.15. The monoisotopic (exact) mass is 266 g/mol. The van der Waals surface area contributed by atoms with Gasteiger partial charge in [0, 0.05) is 25.6 Å². The maximum absolute atomic E-state index is 5.71. The predicted octanol–water partition coefficient (Wildman–Crippen LogP) is 2.03. The zero-order chi connectivity index (χ0) is 13.7. The SMILES string of the molecule is CCC(CC)n1nnc(CCN)c1C1CCOCC1. The average Bonchev–Trinajstić information content (AvgIpc) is 2.85. The fourth-order valence-corrected chi connectivity index (χ4v) is 2.95. The lowest BCUT2D eigenvalue weighted by atomic mass is 9.93. The number of hydrogen-bond donors (Lipinski definition) is 1. The number of ether oxygens (including phenoxy) is 1. The molecule has 0 spiro atoms. The number of nitrogens with zero attached hydrogens (tertiary/aromatic N) is 3. The summed E-state index contributed by atoms with van der Waals surface area (Å²) >= 11 is 0. The van der Waals surface area contributed by atoms with Crippen molar-refractivity contribution in [1.82, 2.24) is 15.0 Å². The van der Waals surface area contributed by atoms with Gasteiger partial charge in [-0.15, -0.1) is 5.10 Å². The lowest BCUT2D eigenvalue weighted by molar-refractivity contribution is 0.0828. The van der Waals surface area contributed by atoms with E-state index in [1.807, 2.05) is 0 Å². The maximum Gasteiger partial charge on any atom is 0.0874 e. The van der Waals surface area contributed by atoms with Crippen LogP contribution in [0.4, 0.5) is 0 Å². The molecule has 2 heterocycles. The molecule has 2 rings (SSSR count). The van der Waals surface area contributed by atoms with Crippen molar-refractivity contribution in [3.8, 4) is 0 Å². The molecule has 1 aliphatic heterocycles. The van der Waals surface area contributed by atoms with Crippen LogP contribution in [0.2, 0.25) is 0 Å². The Morgan fingerprint density at radius 3 is 2.58 bits per heavy atom. The lowest BCUT2D eigenvalue weighted by Crippen LogP contribution is -2.21. The summed E-state index contributed by atoms with van der Waals surface area (Å²) in [7, 11) is 0. The van der Waals surface area contributed by atoms with Crippen molar-refractivity contribution >= 4 is 0 Å². The first-order valence-corrected chi connectivity index (χ1v) is 7.53. The Morgan fingerprint density at radius 2 is 2.00 bits per heavy atom. The number of nitrogens with two attached hydrogens (primary N) is 1. The fourth-order valence-electron chi connectivity index (χ4n) is 2.95. The Balaban J connectivity index is 2.31. The number of aromatic nitrogens is 3. The minimum Gasteiger partial charge on any atom is -0.381 e. The topological polar surface area (TPSA) is 66.0 Å². The van der Waals surface area contributed by atoms with Gasteiger partial charge in [-0.25, -0.2) is 4.68 Å². The van der Waals surface area contributed by atoms with Gasteiger partial charge in [0.1, 0.15) is 0 Å². The second kappa shape index (κ2) is 7.01. The fraction of sp³-hybridized carbons (Fsp3) is 0.857. The quantitative estimate of drug-likeness (QED) is 0.855. The second-order valence-electron chi connectivity index (χ2n) is 5.26. The van der Waals surface area contributed by atoms with E-state index in [4.69, 9.17) is 10.5 Å². The molecule has 0 radical (unpaired) electrons. The Morgan fingerprint density at radius 1 is 1.32 bits per heavy atom. The molecule has 0 amide bonds. The van der Waals surface area contributed by atoms with Gasteiger partial charge >= 0.3 is 0 Å². The van der Waals surface area contributed by atoms with Crippen molar-refractivity contribution < 1.29 is 4.74 Å². The van der Waals surface area contributed by atoms with Crippen molar-refractivity contribution in [2.24, 2.45) is 5.73 Å². The van der Waals surface area contributed by atoms with Crippen molar-refractivity contribution in [3.05, 3.63) is 11.4 Å². The van der Waals surface area contributed by atoms with E-state index in [0.29, 0.717) is 18.5 Å². The standard InChI is InChI=1S/C14H26N4O/c1-3-12(4-2)18-14(11-6-9-19-10-7-11)13(5-8-15)16-17-18/h11-12H,3-10,15H2,1-2H3. The van der Waals surface area contributed by atoms with E-state index in [-0.39, 0.29) is 0 Å². The van der Waals surface area contributed by atoms with Crippen LogP contribution >= 0.6 is 0 Å². The summed E-state index contributed by atoms with van der Waals surface area (Å²) < 4.78 is 7.64. The molecule has 0 atom stereocenters. The molecule has 0 unspecified atom stereocenters. The Bertz CT molecular complexity index is 381. The molecule has 5 nitrogen and oxygen atoms in total. The van der Waals surface area contributed by atoms with Gasteiger partial charge in [0.2, 0.25) is 0 Å². The van der Waals surface area contributed by atoms with Gasteiger partial charge in [0.25, 0.3) is 0 Å². The molecule has 0 aromatic carbocycles. The molecular weight excluding hydrogens is 240 g/mol. The predicted molar refractivity (Wildman–Crippen MR) is 75.2 cm³/mol. The summed E-state index contributed by atoms with van der Waals surface area (Å²) in [6.07, 6.45) is 5.17. The molecule has 0 aliphatic carbocycles. The summed E-state index contributed by atoms with van der Waals surface area (Å²) in [5.41, 5.74) is 8.13. The first kappa shape index (κ1) is 14.5. The molecule has 1 aromatic heterocycles. The first-order chi connectivity index (χ1) is 9.31. The van der Waals surface area contributed by atoms with Crippen LogP contribution in [0.3, 0.4) is 0 Å². The van der Waals surface area contributed by atoms with Crippen LogP contribution in [0.1, 0.15) is 62.9 Å². The van der Waals surface area contributed by atoms with Crippen LogP contribution in [-0.4, -0.2) is 34.8 Å². The zero-order valence-corrected chi connectivity index (χ0v) is 12.1. The van der Waals surface area contributed by atoms with E-state index in [9.17, 15) is 0 Å². The van der Waals surface area contributed by atoms with Gasteiger partial charge in [0.15, 0.2) is 0 Å². The Labute approximate surface area is 115 Å². The van der Waals surface area contributed by atoms with E-state index in [0.717, 1.165) is 51.0 Å². The van der Waals surface area contributed by atoms with Crippen molar-refractivity contribution in [2.45, 2.75) is 57.9 Å². The van der Waals surface area contributed by atoms with Gasteiger partial charge in [-0.1, -0.05) is 19.1 Å². The lowest BCUT2D eigenvalue weighted by Gasteiger charge is -2.26. The van der Waals surface area contributed by atoms with Crippen molar-refractivity contribution in [1.29, 1.82) is 0 Å². The van der Waals surface area contributed by atoms with E-state index in [2.05, 4.69) is 28.8 Å². The third-order valence-electron chi connectivity index (χ3n) is 4.08. The molecule has 0 saturated carbocycles. The second-order valence-corrected chi connectivity index (χ2v) is 5.26. The summed E-state index contributed by atoms with van der Waals surface area (Å²) in [5, 5.41) is 8.81. The van der Waals surface area contributed by atoms with E-state index in [1.165, 1.54) is 5.69 Å². The van der Waals surface area contributed by atoms with Crippen LogP contribution in [0.25, 0.3) is 0 Å². The van der Waals surface area contributed by atoms with Crippen LogP contribution in [0, 0.1) is 0 Å². The molecule has 0 bridgehead atoms.